The molecule has 0 aromatic heterocycles. The van der Waals surface area contributed by atoms with Gasteiger partial charge in [-0.05, 0) is 56.2 Å². The van der Waals surface area contributed by atoms with Crippen molar-refractivity contribution in [1.82, 2.24) is 0 Å². The molecule has 0 unspecified atom stereocenters. The molecule has 0 saturated heterocycles. The first-order chi connectivity index (χ1) is 9.57. The molecular weight excluding hydrogens is 252 g/mol. The first-order valence-electron chi connectivity index (χ1n) is 7.20. The molecular formula is C17H22O3. The molecule has 1 fully saturated rings. The summed E-state index contributed by atoms with van der Waals surface area (Å²) < 4.78 is 6.03. The Morgan fingerprint density at radius 3 is 2.40 bits per heavy atom. The quantitative estimate of drug-likeness (QED) is 0.831. The summed E-state index contributed by atoms with van der Waals surface area (Å²) in [5, 5.41) is 8.98. The maximum absolute atomic E-state index is 10.9. The number of rotatable bonds is 4. The van der Waals surface area contributed by atoms with Crippen molar-refractivity contribution in [2.75, 3.05) is 0 Å². The lowest BCUT2D eigenvalue weighted by Gasteiger charge is -2.39. The Hall–Kier alpha value is -1.77. The summed E-state index contributed by atoms with van der Waals surface area (Å²) in [6, 6.07) is 7.11. The number of carboxylic acids is 1. The fourth-order valence-electron chi connectivity index (χ4n) is 2.82. The molecule has 0 atom stereocenters. The summed E-state index contributed by atoms with van der Waals surface area (Å²) in [4.78, 5) is 10.9. The molecule has 3 nitrogen and oxygen atoms in total. The highest BCUT2D eigenvalue weighted by molar-refractivity contribution is 5.87. The predicted molar refractivity (Wildman–Crippen MR) is 78.6 cm³/mol. The van der Waals surface area contributed by atoms with E-state index in [1.54, 1.807) is 18.4 Å². The van der Waals surface area contributed by atoms with Gasteiger partial charge in [-0.25, -0.2) is 4.79 Å². The Morgan fingerprint density at radius 2 is 1.90 bits per heavy atom. The van der Waals surface area contributed by atoms with Gasteiger partial charge in [-0.15, -0.1) is 0 Å². The van der Waals surface area contributed by atoms with Gasteiger partial charge in [0.1, 0.15) is 5.60 Å². The van der Waals surface area contributed by atoms with Crippen LogP contribution in [0.15, 0.2) is 36.6 Å². The van der Waals surface area contributed by atoms with Gasteiger partial charge in [-0.1, -0.05) is 25.1 Å². The second-order valence-electron chi connectivity index (χ2n) is 5.65. The zero-order valence-electron chi connectivity index (χ0n) is 12.1. The highest BCUT2D eigenvalue weighted by Crippen LogP contribution is 2.42. The van der Waals surface area contributed by atoms with E-state index in [2.05, 4.69) is 6.92 Å². The number of aromatic carboxylic acids is 1. The third kappa shape index (κ3) is 3.03. The van der Waals surface area contributed by atoms with Crippen LogP contribution in [0.4, 0.5) is 0 Å². The number of hydrogen-bond acceptors (Lipinski definition) is 2. The van der Waals surface area contributed by atoms with E-state index in [0.717, 1.165) is 37.2 Å². The van der Waals surface area contributed by atoms with Crippen LogP contribution in [0.3, 0.4) is 0 Å². The van der Waals surface area contributed by atoms with Gasteiger partial charge >= 0.3 is 5.97 Å². The summed E-state index contributed by atoms with van der Waals surface area (Å²) in [5.74, 6) is -0.159. The van der Waals surface area contributed by atoms with E-state index in [9.17, 15) is 4.79 Å². The summed E-state index contributed by atoms with van der Waals surface area (Å²) in [6.07, 6.45) is 7.87. The molecule has 0 amide bonds. The van der Waals surface area contributed by atoms with Crippen molar-refractivity contribution in [3.63, 3.8) is 0 Å². The summed E-state index contributed by atoms with van der Waals surface area (Å²) >= 11 is 0. The first kappa shape index (κ1) is 14.6. The second-order valence-corrected chi connectivity index (χ2v) is 5.65. The summed E-state index contributed by atoms with van der Waals surface area (Å²) in [7, 11) is 0. The molecule has 0 spiro atoms. The SMILES string of the molecule is CC=COC1(c2ccc(C(=O)O)cc2)CCC(C)CC1. The zero-order valence-corrected chi connectivity index (χ0v) is 12.1. The topological polar surface area (TPSA) is 46.5 Å². The fourth-order valence-corrected chi connectivity index (χ4v) is 2.82. The van der Waals surface area contributed by atoms with Crippen molar-refractivity contribution in [2.24, 2.45) is 5.92 Å². The van der Waals surface area contributed by atoms with Crippen LogP contribution >= 0.6 is 0 Å². The largest absolute Gasteiger partial charge is 0.491 e. The summed E-state index contributed by atoms with van der Waals surface area (Å²) in [6.45, 7) is 4.21. The van der Waals surface area contributed by atoms with Gasteiger partial charge in [0, 0.05) is 0 Å². The molecule has 0 radical (unpaired) electrons. The molecule has 1 aliphatic rings. The van der Waals surface area contributed by atoms with Crippen molar-refractivity contribution >= 4 is 5.97 Å². The number of carbonyl (C=O) groups is 1. The molecule has 0 bridgehead atoms. The van der Waals surface area contributed by atoms with E-state index >= 15 is 0 Å². The van der Waals surface area contributed by atoms with Crippen molar-refractivity contribution in [1.29, 1.82) is 0 Å². The molecule has 1 N–H and O–H groups in total. The van der Waals surface area contributed by atoms with Gasteiger partial charge in [0.2, 0.25) is 0 Å². The zero-order chi connectivity index (χ0) is 14.6. The van der Waals surface area contributed by atoms with E-state index in [0.29, 0.717) is 5.56 Å². The van der Waals surface area contributed by atoms with Crippen LogP contribution in [-0.2, 0) is 10.3 Å². The highest BCUT2D eigenvalue weighted by Gasteiger charge is 2.37. The van der Waals surface area contributed by atoms with Crippen molar-refractivity contribution in [3.8, 4) is 0 Å². The van der Waals surface area contributed by atoms with Crippen LogP contribution in [0.25, 0.3) is 0 Å². The predicted octanol–water partition coefficient (Wildman–Crippen LogP) is 4.34. The van der Waals surface area contributed by atoms with Crippen LogP contribution in [0.2, 0.25) is 0 Å². The van der Waals surface area contributed by atoms with Crippen molar-refractivity contribution in [3.05, 3.63) is 47.7 Å². The fraction of sp³-hybridized carbons (Fsp3) is 0.471. The molecule has 0 aliphatic heterocycles. The summed E-state index contributed by atoms with van der Waals surface area (Å²) in [5.41, 5.74) is 1.10. The highest BCUT2D eigenvalue weighted by atomic mass is 16.5. The number of ether oxygens (including phenoxy) is 1. The number of allylic oxidation sites excluding steroid dienone is 1. The Morgan fingerprint density at radius 1 is 1.30 bits per heavy atom. The number of carboxylic acid groups (broad SMARTS) is 1. The minimum atomic E-state index is -0.891. The third-order valence-electron chi connectivity index (χ3n) is 4.17. The Kier molecular flexibility index (Phi) is 4.48. The molecule has 1 saturated carbocycles. The normalized spacial score (nSPS) is 26.6. The van der Waals surface area contributed by atoms with Gasteiger partial charge in [-0.2, -0.15) is 0 Å². The van der Waals surface area contributed by atoms with Crippen LogP contribution in [0.5, 0.6) is 0 Å². The molecule has 3 heteroatoms. The van der Waals surface area contributed by atoms with Crippen LogP contribution in [0, 0.1) is 5.92 Å². The van der Waals surface area contributed by atoms with Crippen LogP contribution in [-0.4, -0.2) is 11.1 Å². The van der Waals surface area contributed by atoms with Gasteiger partial charge in [0.05, 0.1) is 11.8 Å². The minimum absolute atomic E-state index is 0.296. The lowest BCUT2D eigenvalue weighted by atomic mass is 9.75. The second kappa shape index (κ2) is 6.12. The Balaban J connectivity index is 2.28. The van der Waals surface area contributed by atoms with E-state index in [1.807, 2.05) is 25.1 Å². The van der Waals surface area contributed by atoms with Crippen LogP contribution in [0.1, 0.15) is 55.5 Å². The monoisotopic (exact) mass is 274 g/mol. The van der Waals surface area contributed by atoms with Gasteiger partial charge in [0.25, 0.3) is 0 Å². The molecule has 108 valence electrons. The number of benzene rings is 1. The molecule has 1 aromatic rings. The van der Waals surface area contributed by atoms with Gasteiger partial charge < -0.3 is 9.84 Å². The van der Waals surface area contributed by atoms with E-state index in [-0.39, 0.29) is 5.60 Å². The third-order valence-corrected chi connectivity index (χ3v) is 4.17. The number of hydrogen-bond donors (Lipinski definition) is 1. The minimum Gasteiger partial charge on any atom is -0.491 e. The van der Waals surface area contributed by atoms with Gasteiger partial charge in [0.15, 0.2) is 0 Å². The Bertz CT molecular complexity index is 479. The average Bonchev–Trinajstić information content (AvgIpc) is 2.47. The smallest absolute Gasteiger partial charge is 0.335 e. The lowest BCUT2D eigenvalue weighted by molar-refractivity contribution is -0.0263. The standard InChI is InChI=1S/C17H22O3/c1-3-12-20-17(10-8-13(2)9-11-17)15-6-4-14(5-7-15)16(18)19/h3-7,12-13H,8-11H2,1-2H3,(H,18,19). The van der Waals surface area contributed by atoms with Gasteiger partial charge in [-0.3, -0.25) is 0 Å². The first-order valence-corrected chi connectivity index (χ1v) is 7.20. The van der Waals surface area contributed by atoms with E-state index in [4.69, 9.17) is 9.84 Å². The average molecular weight is 274 g/mol. The van der Waals surface area contributed by atoms with Crippen molar-refractivity contribution < 1.29 is 14.6 Å². The van der Waals surface area contributed by atoms with Crippen molar-refractivity contribution in [2.45, 2.75) is 45.1 Å². The van der Waals surface area contributed by atoms with Crippen LogP contribution < -0.4 is 0 Å². The molecule has 2 rings (SSSR count). The molecule has 0 heterocycles. The Labute approximate surface area is 120 Å². The van der Waals surface area contributed by atoms with E-state index < -0.39 is 5.97 Å². The molecule has 20 heavy (non-hydrogen) atoms. The molecule has 1 aliphatic carbocycles. The maximum Gasteiger partial charge on any atom is 0.335 e. The van der Waals surface area contributed by atoms with E-state index in [1.165, 1.54) is 0 Å². The molecule has 1 aromatic carbocycles. The lowest BCUT2D eigenvalue weighted by Crippen LogP contribution is -2.32. The maximum atomic E-state index is 10.9.